The van der Waals surface area contributed by atoms with Crippen LogP contribution >= 0.6 is 0 Å². The molecule has 1 unspecified atom stereocenters. The van der Waals surface area contributed by atoms with E-state index in [2.05, 4.69) is 0 Å². The number of carboxylic acid groups (broad SMARTS) is 1. The van der Waals surface area contributed by atoms with Crippen LogP contribution in [0.15, 0.2) is 24.3 Å². The topological polar surface area (TPSA) is 66.8 Å². The first-order chi connectivity index (χ1) is 7.80. The van der Waals surface area contributed by atoms with E-state index in [0.29, 0.717) is 0 Å². The predicted molar refractivity (Wildman–Crippen MR) is 50.8 cm³/mol. The molecular formula is C10H9F3O4. The molecule has 0 saturated carbocycles. The molecule has 0 heterocycles. The Balaban J connectivity index is 2.65. The zero-order valence-electron chi connectivity index (χ0n) is 8.44. The third-order valence-electron chi connectivity index (χ3n) is 1.95. The number of rotatable bonds is 4. The Bertz CT molecular complexity index is 386. The molecule has 0 aromatic heterocycles. The molecule has 0 saturated heterocycles. The van der Waals surface area contributed by atoms with Gasteiger partial charge in [0, 0.05) is 0 Å². The molecule has 0 aliphatic rings. The van der Waals surface area contributed by atoms with Gasteiger partial charge in [0.05, 0.1) is 0 Å². The average Bonchev–Trinajstić information content (AvgIpc) is 2.18. The second kappa shape index (κ2) is 4.94. The van der Waals surface area contributed by atoms with Crippen LogP contribution in [0.3, 0.4) is 0 Å². The van der Waals surface area contributed by atoms with E-state index in [4.69, 9.17) is 14.9 Å². The maximum absolute atomic E-state index is 12.2. The molecule has 2 N–H and O–H groups in total. The van der Waals surface area contributed by atoms with Gasteiger partial charge in [-0.05, 0) is 24.3 Å². The van der Waals surface area contributed by atoms with Gasteiger partial charge in [-0.3, -0.25) is 4.79 Å². The maximum Gasteiger partial charge on any atom is 0.405 e. The summed E-state index contributed by atoms with van der Waals surface area (Å²) in [6, 6.07) is 4.92. The number of halogens is 3. The Labute approximate surface area is 94.3 Å². The fourth-order valence-electron chi connectivity index (χ4n) is 1.03. The van der Waals surface area contributed by atoms with Crippen molar-refractivity contribution in [2.45, 2.75) is 6.18 Å². The molecule has 0 amide bonds. The van der Waals surface area contributed by atoms with Crippen molar-refractivity contribution in [1.82, 2.24) is 0 Å². The second-order valence-corrected chi connectivity index (χ2v) is 3.24. The molecule has 17 heavy (non-hydrogen) atoms. The number of alkyl halides is 3. The van der Waals surface area contributed by atoms with Gasteiger partial charge in [-0.25, -0.2) is 0 Å². The van der Waals surface area contributed by atoms with E-state index in [-0.39, 0.29) is 11.5 Å². The van der Waals surface area contributed by atoms with Gasteiger partial charge in [0.15, 0.2) is 5.92 Å². The molecule has 1 atom stereocenters. The molecule has 0 radical (unpaired) electrons. The maximum atomic E-state index is 12.2. The van der Waals surface area contributed by atoms with Crippen molar-refractivity contribution in [1.29, 1.82) is 0 Å². The lowest BCUT2D eigenvalue weighted by Gasteiger charge is -2.16. The number of ether oxygens (including phenoxy) is 1. The lowest BCUT2D eigenvalue weighted by atomic mass is 10.1. The van der Waals surface area contributed by atoms with Gasteiger partial charge < -0.3 is 14.9 Å². The number of phenolic OH excluding ortho intramolecular Hbond substituents is 1. The van der Waals surface area contributed by atoms with E-state index in [9.17, 15) is 18.0 Å². The SMILES string of the molecule is O=C(O)C(COc1ccc(O)cc1)C(F)(F)F. The van der Waals surface area contributed by atoms with Crippen molar-refractivity contribution in [3.8, 4) is 11.5 Å². The van der Waals surface area contributed by atoms with Gasteiger partial charge in [0.1, 0.15) is 18.1 Å². The number of phenols is 1. The normalized spacial score (nSPS) is 13.1. The number of carboxylic acids is 1. The zero-order chi connectivity index (χ0) is 13.1. The van der Waals surface area contributed by atoms with Crippen LogP contribution in [0.25, 0.3) is 0 Å². The highest BCUT2D eigenvalue weighted by molar-refractivity contribution is 5.71. The fourth-order valence-corrected chi connectivity index (χ4v) is 1.03. The minimum atomic E-state index is -4.86. The van der Waals surface area contributed by atoms with Gasteiger partial charge >= 0.3 is 12.1 Å². The van der Waals surface area contributed by atoms with Crippen LogP contribution in [0.5, 0.6) is 11.5 Å². The first-order valence-corrected chi connectivity index (χ1v) is 4.52. The van der Waals surface area contributed by atoms with Crippen molar-refractivity contribution in [2.75, 3.05) is 6.61 Å². The summed E-state index contributed by atoms with van der Waals surface area (Å²) in [6.45, 7) is -1.01. The monoisotopic (exact) mass is 250 g/mol. The highest BCUT2D eigenvalue weighted by atomic mass is 19.4. The van der Waals surface area contributed by atoms with Crippen LogP contribution in [0.1, 0.15) is 0 Å². The molecule has 0 aliphatic carbocycles. The molecule has 7 heteroatoms. The third-order valence-corrected chi connectivity index (χ3v) is 1.95. The second-order valence-electron chi connectivity index (χ2n) is 3.24. The highest BCUT2D eigenvalue weighted by Crippen LogP contribution is 2.27. The van der Waals surface area contributed by atoms with Crippen LogP contribution in [0.4, 0.5) is 13.2 Å². The number of aliphatic carboxylic acids is 1. The van der Waals surface area contributed by atoms with Crippen LogP contribution in [-0.4, -0.2) is 29.0 Å². The molecule has 94 valence electrons. The molecule has 4 nitrogen and oxygen atoms in total. The highest BCUT2D eigenvalue weighted by Gasteiger charge is 2.45. The Hall–Kier alpha value is -1.92. The van der Waals surface area contributed by atoms with Crippen LogP contribution in [-0.2, 0) is 4.79 Å². The molecule has 0 fully saturated rings. The summed E-state index contributed by atoms with van der Waals surface area (Å²) < 4.78 is 41.4. The minimum absolute atomic E-state index is 0.0540. The van der Waals surface area contributed by atoms with Crippen LogP contribution in [0, 0.1) is 5.92 Å². The number of aromatic hydroxyl groups is 1. The van der Waals surface area contributed by atoms with Gasteiger partial charge in [0.25, 0.3) is 0 Å². The van der Waals surface area contributed by atoms with Crippen molar-refractivity contribution >= 4 is 5.97 Å². The molecule has 0 bridgehead atoms. The summed E-state index contributed by atoms with van der Waals surface area (Å²) in [5, 5.41) is 17.3. The van der Waals surface area contributed by atoms with E-state index >= 15 is 0 Å². The Morgan fingerprint density at radius 2 is 1.82 bits per heavy atom. The summed E-state index contributed by atoms with van der Waals surface area (Å²) in [7, 11) is 0. The van der Waals surface area contributed by atoms with Gasteiger partial charge in [-0.15, -0.1) is 0 Å². The Morgan fingerprint density at radius 3 is 2.24 bits per heavy atom. The van der Waals surface area contributed by atoms with Gasteiger partial charge in [-0.2, -0.15) is 13.2 Å². The minimum Gasteiger partial charge on any atom is -0.508 e. The predicted octanol–water partition coefficient (Wildman–Crippen LogP) is 2.03. The van der Waals surface area contributed by atoms with E-state index in [0.717, 1.165) is 0 Å². The van der Waals surface area contributed by atoms with Crippen molar-refractivity contribution in [2.24, 2.45) is 5.92 Å². The van der Waals surface area contributed by atoms with Crippen molar-refractivity contribution in [3.63, 3.8) is 0 Å². The first kappa shape index (κ1) is 13.1. The van der Waals surface area contributed by atoms with E-state index < -0.39 is 24.7 Å². The Kier molecular flexibility index (Phi) is 3.82. The van der Waals surface area contributed by atoms with Gasteiger partial charge in [0.2, 0.25) is 0 Å². The summed E-state index contributed by atoms with van der Waals surface area (Å²) in [4.78, 5) is 10.4. The smallest absolute Gasteiger partial charge is 0.405 e. The number of benzene rings is 1. The van der Waals surface area contributed by atoms with Gasteiger partial charge in [-0.1, -0.05) is 0 Å². The lowest BCUT2D eigenvalue weighted by molar-refractivity contribution is -0.198. The molecule has 0 aliphatic heterocycles. The van der Waals surface area contributed by atoms with Crippen LogP contribution < -0.4 is 4.74 Å². The van der Waals surface area contributed by atoms with Crippen molar-refractivity contribution in [3.05, 3.63) is 24.3 Å². The summed E-state index contributed by atoms with van der Waals surface area (Å²) >= 11 is 0. The number of hydrogen-bond acceptors (Lipinski definition) is 3. The molecule has 1 aromatic carbocycles. The Morgan fingerprint density at radius 1 is 1.29 bits per heavy atom. The summed E-state index contributed by atoms with van der Waals surface area (Å²) in [5.41, 5.74) is 0. The van der Waals surface area contributed by atoms with Crippen molar-refractivity contribution < 1.29 is 32.9 Å². The number of carbonyl (C=O) groups is 1. The average molecular weight is 250 g/mol. The molecule has 0 spiro atoms. The largest absolute Gasteiger partial charge is 0.508 e. The quantitative estimate of drug-likeness (QED) is 0.858. The fraction of sp³-hybridized carbons (Fsp3) is 0.300. The summed E-state index contributed by atoms with van der Waals surface area (Å²) in [5.74, 6) is -4.58. The van der Waals surface area contributed by atoms with E-state index in [1.807, 2.05) is 0 Å². The molecular weight excluding hydrogens is 241 g/mol. The molecule has 1 aromatic rings. The third kappa shape index (κ3) is 3.86. The summed E-state index contributed by atoms with van der Waals surface area (Å²) in [6.07, 6.45) is -4.86. The van der Waals surface area contributed by atoms with Crippen LogP contribution in [0.2, 0.25) is 0 Å². The number of hydrogen-bond donors (Lipinski definition) is 2. The lowest BCUT2D eigenvalue weighted by Crippen LogP contribution is -2.35. The standard InChI is InChI=1S/C10H9F3O4/c11-10(12,13)8(9(15)16)5-17-7-3-1-6(14)2-4-7/h1-4,8,14H,5H2,(H,15,16). The zero-order valence-corrected chi connectivity index (χ0v) is 8.44. The molecule has 1 rings (SSSR count). The first-order valence-electron chi connectivity index (χ1n) is 4.52. The van der Waals surface area contributed by atoms with E-state index in [1.165, 1.54) is 24.3 Å². The van der Waals surface area contributed by atoms with E-state index in [1.54, 1.807) is 0 Å².